The summed E-state index contributed by atoms with van der Waals surface area (Å²) >= 11 is 1.59. The third-order valence-electron chi connectivity index (χ3n) is 4.86. The first-order chi connectivity index (χ1) is 15.1. The summed E-state index contributed by atoms with van der Waals surface area (Å²) in [6, 6.07) is 31.5. The molecule has 0 aliphatic rings. The summed E-state index contributed by atoms with van der Waals surface area (Å²) in [7, 11) is 1.60. The summed E-state index contributed by atoms with van der Waals surface area (Å²) in [6.07, 6.45) is 0. The summed E-state index contributed by atoms with van der Waals surface area (Å²) in [5, 5.41) is 0. The van der Waals surface area contributed by atoms with Crippen LogP contribution in [0.1, 0.15) is 31.8 Å². The van der Waals surface area contributed by atoms with E-state index in [0.29, 0.717) is 22.3 Å². The van der Waals surface area contributed by atoms with Crippen LogP contribution in [0, 0.1) is 0 Å². The minimum atomic E-state index is -0.0250. The van der Waals surface area contributed by atoms with Gasteiger partial charge in [0.25, 0.3) is 0 Å². The molecule has 4 aromatic rings. The molecule has 0 bridgehead atoms. The first kappa shape index (κ1) is 20.6. The lowest BCUT2D eigenvalue weighted by atomic mass is 10.0. The maximum Gasteiger partial charge on any atom is 0.193 e. The van der Waals surface area contributed by atoms with Crippen molar-refractivity contribution in [3.05, 3.63) is 125 Å². The molecule has 0 aliphatic heterocycles. The van der Waals surface area contributed by atoms with E-state index < -0.39 is 0 Å². The van der Waals surface area contributed by atoms with Crippen LogP contribution < -0.4 is 4.74 Å². The van der Waals surface area contributed by atoms with Crippen LogP contribution in [0.3, 0.4) is 0 Å². The van der Waals surface area contributed by atoms with Crippen LogP contribution in [0.2, 0.25) is 0 Å². The molecule has 0 radical (unpaired) electrons. The average molecular weight is 425 g/mol. The monoisotopic (exact) mass is 424 g/mol. The fraction of sp³-hybridized carbons (Fsp3) is 0.0370. The molecule has 4 rings (SSSR count). The molecule has 3 nitrogen and oxygen atoms in total. The molecule has 0 N–H and O–H groups in total. The lowest BCUT2D eigenvalue weighted by molar-refractivity contribution is 0.103. The molecule has 0 aliphatic carbocycles. The second-order valence-corrected chi connectivity index (χ2v) is 8.05. The fourth-order valence-electron chi connectivity index (χ4n) is 3.15. The lowest BCUT2D eigenvalue weighted by Gasteiger charge is -2.06. The SMILES string of the molecule is COc1ccc(C(=O)c2ccc(Sc3ccc(C(=O)c4ccccc4)cc3)cc2)cc1. The summed E-state index contributed by atoms with van der Waals surface area (Å²) in [5.74, 6) is 0.710. The van der Waals surface area contributed by atoms with Gasteiger partial charge in [0.1, 0.15) is 5.75 Å². The Balaban J connectivity index is 1.43. The molecule has 0 amide bonds. The second-order valence-electron chi connectivity index (χ2n) is 6.90. The van der Waals surface area contributed by atoms with E-state index in [2.05, 4.69) is 0 Å². The number of carbonyl (C=O) groups excluding carboxylic acids is 2. The topological polar surface area (TPSA) is 43.4 Å². The number of benzene rings is 4. The van der Waals surface area contributed by atoms with Crippen LogP contribution in [0.25, 0.3) is 0 Å². The molecule has 0 fully saturated rings. The molecule has 0 aromatic heterocycles. The van der Waals surface area contributed by atoms with Crippen molar-refractivity contribution >= 4 is 23.3 Å². The van der Waals surface area contributed by atoms with Crippen LogP contribution in [0.4, 0.5) is 0 Å². The Kier molecular flexibility index (Phi) is 6.29. The van der Waals surface area contributed by atoms with Crippen LogP contribution in [0.15, 0.2) is 113 Å². The summed E-state index contributed by atoms with van der Waals surface area (Å²) < 4.78 is 5.14. The summed E-state index contributed by atoms with van der Waals surface area (Å²) in [6.45, 7) is 0. The highest BCUT2D eigenvalue weighted by atomic mass is 32.2. The van der Waals surface area contributed by atoms with Crippen LogP contribution in [-0.4, -0.2) is 18.7 Å². The molecule has 0 atom stereocenters. The molecule has 4 heteroatoms. The zero-order chi connectivity index (χ0) is 21.6. The van der Waals surface area contributed by atoms with E-state index in [0.717, 1.165) is 15.5 Å². The zero-order valence-electron chi connectivity index (χ0n) is 16.9. The van der Waals surface area contributed by atoms with E-state index in [4.69, 9.17) is 4.74 Å². The Hall–Kier alpha value is -3.63. The van der Waals surface area contributed by atoms with Gasteiger partial charge in [0.05, 0.1) is 7.11 Å². The number of rotatable bonds is 7. The Labute approximate surface area is 185 Å². The molecule has 0 heterocycles. The van der Waals surface area contributed by atoms with E-state index in [1.54, 1.807) is 43.1 Å². The van der Waals surface area contributed by atoms with Crippen LogP contribution >= 0.6 is 11.8 Å². The Morgan fingerprint density at radius 2 is 0.935 bits per heavy atom. The van der Waals surface area contributed by atoms with Gasteiger partial charge in [-0.25, -0.2) is 0 Å². The van der Waals surface area contributed by atoms with Gasteiger partial charge >= 0.3 is 0 Å². The number of carbonyl (C=O) groups is 2. The maximum absolute atomic E-state index is 12.7. The van der Waals surface area contributed by atoms with Crippen molar-refractivity contribution in [2.75, 3.05) is 7.11 Å². The first-order valence-electron chi connectivity index (χ1n) is 9.80. The van der Waals surface area contributed by atoms with Crippen LogP contribution in [0.5, 0.6) is 5.75 Å². The number of ketones is 2. The van der Waals surface area contributed by atoms with Gasteiger partial charge in [-0.3, -0.25) is 9.59 Å². The van der Waals surface area contributed by atoms with Crippen molar-refractivity contribution in [1.82, 2.24) is 0 Å². The lowest BCUT2D eigenvalue weighted by Crippen LogP contribution is -2.01. The van der Waals surface area contributed by atoms with E-state index >= 15 is 0 Å². The molecule has 0 saturated heterocycles. The molecule has 31 heavy (non-hydrogen) atoms. The number of ether oxygens (including phenoxy) is 1. The van der Waals surface area contributed by atoms with Crippen molar-refractivity contribution in [2.45, 2.75) is 9.79 Å². The summed E-state index contributed by atoms with van der Waals surface area (Å²) in [5.41, 5.74) is 2.61. The van der Waals surface area contributed by atoms with E-state index in [9.17, 15) is 9.59 Å². The van der Waals surface area contributed by atoms with E-state index in [-0.39, 0.29) is 11.6 Å². The number of hydrogen-bond donors (Lipinski definition) is 0. The zero-order valence-corrected chi connectivity index (χ0v) is 17.8. The molecule has 4 aromatic carbocycles. The first-order valence-corrected chi connectivity index (χ1v) is 10.6. The van der Waals surface area contributed by atoms with Gasteiger partial charge in [-0.15, -0.1) is 0 Å². The third-order valence-corrected chi connectivity index (χ3v) is 5.87. The Morgan fingerprint density at radius 1 is 0.548 bits per heavy atom. The molecule has 0 unspecified atom stereocenters. The van der Waals surface area contributed by atoms with Gasteiger partial charge < -0.3 is 4.74 Å². The van der Waals surface area contributed by atoms with Gasteiger partial charge in [-0.1, -0.05) is 42.1 Å². The highest BCUT2D eigenvalue weighted by Gasteiger charge is 2.11. The molecule has 152 valence electrons. The van der Waals surface area contributed by atoms with Crippen molar-refractivity contribution in [1.29, 1.82) is 0 Å². The van der Waals surface area contributed by atoms with Crippen molar-refractivity contribution in [2.24, 2.45) is 0 Å². The average Bonchev–Trinajstić information content (AvgIpc) is 2.85. The standard InChI is InChI=1S/C27H20O3S/c1-30-23-13-7-20(8-14-23)27(29)22-11-17-25(18-12-22)31-24-15-9-21(10-16-24)26(28)19-5-3-2-4-6-19/h2-18H,1H3. The number of methoxy groups -OCH3 is 1. The predicted molar refractivity (Wildman–Crippen MR) is 123 cm³/mol. The maximum atomic E-state index is 12.7. The van der Waals surface area contributed by atoms with Gasteiger partial charge in [0.2, 0.25) is 0 Å². The predicted octanol–water partition coefficient (Wildman–Crippen LogP) is 6.31. The minimum absolute atomic E-state index is 0.0125. The quantitative estimate of drug-likeness (QED) is 0.326. The molecular formula is C27H20O3S. The number of hydrogen-bond acceptors (Lipinski definition) is 4. The van der Waals surface area contributed by atoms with Crippen molar-refractivity contribution in [3.8, 4) is 5.75 Å². The van der Waals surface area contributed by atoms with Crippen LogP contribution in [-0.2, 0) is 0 Å². The highest BCUT2D eigenvalue weighted by Crippen LogP contribution is 2.29. The minimum Gasteiger partial charge on any atom is -0.497 e. The van der Waals surface area contributed by atoms with Gasteiger partial charge in [0.15, 0.2) is 11.6 Å². The third kappa shape index (κ3) is 4.93. The molecular weight excluding hydrogens is 404 g/mol. The fourth-order valence-corrected chi connectivity index (χ4v) is 3.97. The Morgan fingerprint density at radius 3 is 1.35 bits per heavy atom. The van der Waals surface area contributed by atoms with Crippen molar-refractivity contribution in [3.63, 3.8) is 0 Å². The van der Waals surface area contributed by atoms with Gasteiger partial charge in [-0.2, -0.15) is 0 Å². The van der Waals surface area contributed by atoms with E-state index in [1.807, 2.05) is 78.9 Å². The van der Waals surface area contributed by atoms with E-state index in [1.165, 1.54) is 0 Å². The molecule has 0 spiro atoms. The van der Waals surface area contributed by atoms with Gasteiger partial charge in [-0.05, 0) is 72.8 Å². The van der Waals surface area contributed by atoms with Gasteiger partial charge in [0, 0.05) is 32.0 Å². The Bertz CT molecular complexity index is 1180. The normalized spacial score (nSPS) is 10.5. The largest absolute Gasteiger partial charge is 0.497 e. The highest BCUT2D eigenvalue weighted by molar-refractivity contribution is 7.99. The second kappa shape index (κ2) is 9.45. The summed E-state index contributed by atoms with van der Waals surface area (Å²) in [4.78, 5) is 27.2. The van der Waals surface area contributed by atoms with Crippen molar-refractivity contribution < 1.29 is 14.3 Å². The molecule has 0 saturated carbocycles. The smallest absolute Gasteiger partial charge is 0.193 e.